The number of ether oxygens (including phenoxy) is 1. The maximum absolute atomic E-state index is 11.0. The molecule has 0 aliphatic heterocycles. The Morgan fingerprint density at radius 3 is 2.71 bits per heavy atom. The van der Waals surface area contributed by atoms with Crippen molar-refractivity contribution in [3.8, 4) is 11.5 Å². The minimum atomic E-state index is -0.405. The number of halogens is 1. The smallest absolute Gasteiger partial charge is 0.276 e. The Labute approximate surface area is 131 Å². The summed E-state index contributed by atoms with van der Waals surface area (Å²) in [4.78, 5) is 10.6. The van der Waals surface area contributed by atoms with E-state index >= 15 is 0 Å². The van der Waals surface area contributed by atoms with E-state index < -0.39 is 4.92 Å². The van der Waals surface area contributed by atoms with E-state index in [0.717, 1.165) is 10.0 Å². The van der Waals surface area contributed by atoms with Gasteiger partial charge in [-0.1, -0.05) is 28.1 Å². The van der Waals surface area contributed by atoms with E-state index in [2.05, 4.69) is 21.2 Å². The molecule has 0 spiro atoms. The van der Waals surface area contributed by atoms with Crippen molar-refractivity contribution >= 4 is 21.6 Å². The molecule has 0 aliphatic rings. The monoisotopic (exact) mass is 350 g/mol. The molecule has 2 rings (SSSR count). The first-order valence-corrected chi connectivity index (χ1v) is 7.17. The maximum Gasteiger partial charge on any atom is 0.276 e. The molecular weight excluding hydrogens is 336 g/mol. The lowest BCUT2D eigenvalue weighted by Crippen LogP contribution is -2.06. The molecule has 1 N–H and O–H groups in total. The van der Waals surface area contributed by atoms with Crippen LogP contribution in [0.2, 0.25) is 0 Å². The Morgan fingerprint density at radius 1 is 1.29 bits per heavy atom. The number of rotatable bonds is 5. The molecule has 0 saturated heterocycles. The molecule has 0 atom stereocenters. The molecule has 0 unspecified atom stereocenters. The van der Waals surface area contributed by atoms with E-state index in [0.29, 0.717) is 23.6 Å². The van der Waals surface area contributed by atoms with Crippen molar-refractivity contribution in [1.82, 2.24) is 5.32 Å². The lowest BCUT2D eigenvalue weighted by atomic mass is 10.1. The third-order valence-corrected chi connectivity index (χ3v) is 3.56. The van der Waals surface area contributed by atoms with Crippen LogP contribution in [0.25, 0.3) is 0 Å². The van der Waals surface area contributed by atoms with Gasteiger partial charge in [-0.15, -0.1) is 0 Å². The van der Waals surface area contributed by atoms with Gasteiger partial charge in [0.1, 0.15) is 11.5 Å². The number of nitrogens with one attached hydrogen (secondary N) is 1. The Hall–Kier alpha value is -1.92. The Kier molecular flexibility index (Phi) is 4.93. The summed E-state index contributed by atoms with van der Waals surface area (Å²) in [7, 11) is 1.85. The van der Waals surface area contributed by atoms with Crippen LogP contribution in [0.5, 0.6) is 11.5 Å². The quantitative estimate of drug-likeness (QED) is 0.648. The third-order valence-electron chi connectivity index (χ3n) is 3.07. The average molecular weight is 351 g/mol. The number of nitrogens with zero attached hydrogens (tertiary/aromatic N) is 1. The summed E-state index contributed by atoms with van der Waals surface area (Å²) < 4.78 is 6.78. The fourth-order valence-electron chi connectivity index (χ4n) is 1.99. The molecule has 0 aromatic heterocycles. The summed E-state index contributed by atoms with van der Waals surface area (Å²) >= 11 is 3.41. The van der Waals surface area contributed by atoms with E-state index in [4.69, 9.17) is 4.74 Å². The average Bonchev–Trinajstić information content (AvgIpc) is 2.44. The van der Waals surface area contributed by atoms with Gasteiger partial charge in [0, 0.05) is 22.6 Å². The highest BCUT2D eigenvalue weighted by molar-refractivity contribution is 9.10. The third kappa shape index (κ3) is 3.59. The highest BCUT2D eigenvalue weighted by Gasteiger charge is 2.15. The molecule has 21 heavy (non-hydrogen) atoms. The standard InChI is InChI=1S/C15H15BrN2O3/c1-10-13(18(19)20)4-3-5-14(10)21-15-8-12(16)7-6-11(15)9-17-2/h3-8,17H,9H2,1-2H3. The van der Waals surface area contributed by atoms with Gasteiger partial charge in [-0.2, -0.15) is 0 Å². The first-order chi connectivity index (χ1) is 10.0. The Balaban J connectivity index is 2.40. The summed E-state index contributed by atoms with van der Waals surface area (Å²) in [5.41, 5.74) is 1.54. The summed E-state index contributed by atoms with van der Waals surface area (Å²) in [6, 6.07) is 10.5. The Bertz CT molecular complexity index is 674. The minimum Gasteiger partial charge on any atom is -0.456 e. The predicted octanol–water partition coefficient (Wildman–Crippen LogP) is 4.18. The number of nitro groups is 1. The number of hydrogen-bond acceptors (Lipinski definition) is 4. The fraction of sp³-hybridized carbons (Fsp3) is 0.200. The SMILES string of the molecule is CNCc1ccc(Br)cc1Oc1cccc([N+](=O)[O-])c1C. The van der Waals surface area contributed by atoms with Gasteiger partial charge in [-0.05, 0) is 32.2 Å². The van der Waals surface area contributed by atoms with Crippen molar-refractivity contribution in [3.05, 3.63) is 62.1 Å². The van der Waals surface area contributed by atoms with Crippen LogP contribution >= 0.6 is 15.9 Å². The van der Waals surface area contributed by atoms with Gasteiger partial charge in [-0.3, -0.25) is 10.1 Å². The van der Waals surface area contributed by atoms with Crippen molar-refractivity contribution in [2.45, 2.75) is 13.5 Å². The summed E-state index contributed by atoms with van der Waals surface area (Å²) in [5.74, 6) is 1.15. The predicted molar refractivity (Wildman–Crippen MR) is 84.8 cm³/mol. The van der Waals surface area contributed by atoms with Gasteiger partial charge in [0.2, 0.25) is 0 Å². The lowest BCUT2D eigenvalue weighted by Gasteiger charge is -2.13. The second kappa shape index (κ2) is 6.69. The summed E-state index contributed by atoms with van der Waals surface area (Å²) in [6.07, 6.45) is 0. The lowest BCUT2D eigenvalue weighted by molar-refractivity contribution is -0.385. The fourth-order valence-corrected chi connectivity index (χ4v) is 2.33. The molecule has 6 heteroatoms. The van der Waals surface area contributed by atoms with Crippen LogP contribution in [0, 0.1) is 17.0 Å². The molecule has 0 aliphatic carbocycles. The molecule has 5 nitrogen and oxygen atoms in total. The Morgan fingerprint density at radius 2 is 2.05 bits per heavy atom. The largest absolute Gasteiger partial charge is 0.456 e. The van der Waals surface area contributed by atoms with E-state index in [9.17, 15) is 10.1 Å². The van der Waals surface area contributed by atoms with Crippen LogP contribution in [0.1, 0.15) is 11.1 Å². The zero-order chi connectivity index (χ0) is 15.4. The highest BCUT2D eigenvalue weighted by atomic mass is 79.9. The first-order valence-electron chi connectivity index (χ1n) is 6.38. The number of benzene rings is 2. The number of hydrogen-bond donors (Lipinski definition) is 1. The molecule has 0 saturated carbocycles. The van der Waals surface area contributed by atoms with Crippen LogP contribution in [0.3, 0.4) is 0 Å². The molecule has 0 heterocycles. The van der Waals surface area contributed by atoms with Gasteiger partial charge < -0.3 is 10.1 Å². The van der Waals surface area contributed by atoms with Gasteiger partial charge in [-0.25, -0.2) is 0 Å². The van der Waals surface area contributed by atoms with E-state index in [-0.39, 0.29) is 5.69 Å². The molecule has 0 amide bonds. The van der Waals surface area contributed by atoms with Gasteiger partial charge >= 0.3 is 0 Å². The van der Waals surface area contributed by atoms with Crippen LogP contribution < -0.4 is 10.1 Å². The molecular formula is C15H15BrN2O3. The van der Waals surface area contributed by atoms with E-state index in [1.165, 1.54) is 6.07 Å². The minimum absolute atomic E-state index is 0.0534. The molecule has 0 radical (unpaired) electrons. The van der Waals surface area contributed by atoms with Gasteiger partial charge in [0.05, 0.1) is 10.5 Å². The van der Waals surface area contributed by atoms with Gasteiger partial charge in [0.15, 0.2) is 0 Å². The van der Waals surface area contributed by atoms with Crippen LogP contribution in [0.4, 0.5) is 5.69 Å². The van der Waals surface area contributed by atoms with Crippen molar-refractivity contribution in [2.75, 3.05) is 7.05 Å². The zero-order valence-electron chi connectivity index (χ0n) is 11.7. The van der Waals surface area contributed by atoms with Crippen molar-refractivity contribution < 1.29 is 9.66 Å². The second-order valence-corrected chi connectivity index (χ2v) is 5.46. The molecule has 2 aromatic rings. The van der Waals surface area contributed by atoms with Crippen LogP contribution in [-0.2, 0) is 6.54 Å². The summed E-state index contributed by atoms with van der Waals surface area (Å²) in [6.45, 7) is 2.33. The van der Waals surface area contributed by atoms with Crippen molar-refractivity contribution in [3.63, 3.8) is 0 Å². The maximum atomic E-state index is 11.0. The van der Waals surface area contributed by atoms with E-state index in [1.807, 2.05) is 25.2 Å². The molecule has 110 valence electrons. The normalized spacial score (nSPS) is 10.4. The molecule has 0 bridgehead atoms. The number of nitro benzene ring substituents is 1. The van der Waals surface area contributed by atoms with Crippen molar-refractivity contribution in [1.29, 1.82) is 0 Å². The summed E-state index contributed by atoms with van der Waals surface area (Å²) in [5, 5.41) is 14.1. The highest BCUT2D eigenvalue weighted by Crippen LogP contribution is 2.33. The second-order valence-electron chi connectivity index (χ2n) is 4.54. The van der Waals surface area contributed by atoms with Crippen molar-refractivity contribution in [2.24, 2.45) is 0 Å². The van der Waals surface area contributed by atoms with E-state index in [1.54, 1.807) is 19.1 Å². The zero-order valence-corrected chi connectivity index (χ0v) is 13.3. The topological polar surface area (TPSA) is 64.4 Å². The van der Waals surface area contributed by atoms with Crippen LogP contribution in [0.15, 0.2) is 40.9 Å². The van der Waals surface area contributed by atoms with Crippen LogP contribution in [-0.4, -0.2) is 12.0 Å². The first kappa shape index (κ1) is 15.5. The molecule has 2 aromatic carbocycles. The van der Waals surface area contributed by atoms with Gasteiger partial charge in [0.25, 0.3) is 5.69 Å². The molecule has 0 fully saturated rings.